The van der Waals surface area contributed by atoms with E-state index in [2.05, 4.69) is 32.6 Å². The molecule has 5 heteroatoms. The highest BCUT2D eigenvalue weighted by molar-refractivity contribution is 14.1. The summed E-state index contributed by atoms with van der Waals surface area (Å²) in [6.45, 7) is 6.19. The average molecular weight is 308 g/mol. The van der Waals surface area contributed by atoms with Gasteiger partial charge in [-0.15, -0.1) is 0 Å². The van der Waals surface area contributed by atoms with Crippen LogP contribution in [-0.4, -0.2) is 22.5 Å². The van der Waals surface area contributed by atoms with E-state index in [-0.39, 0.29) is 11.9 Å². The van der Waals surface area contributed by atoms with Gasteiger partial charge in [0.25, 0.3) is 0 Å². The predicted octanol–water partition coefficient (Wildman–Crippen LogP) is 2.31. The van der Waals surface area contributed by atoms with Crippen molar-refractivity contribution < 1.29 is 9.53 Å². The smallest absolute Gasteiger partial charge is 0.359 e. The average Bonchev–Trinajstić information content (AvgIpc) is 2.48. The van der Waals surface area contributed by atoms with Crippen LogP contribution in [0, 0.1) is 3.70 Å². The molecule has 1 aromatic rings. The maximum absolute atomic E-state index is 11.4. The molecule has 0 fully saturated rings. The largest absolute Gasteiger partial charge is 0.461 e. The van der Waals surface area contributed by atoms with Gasteiger partial charge in [-0.25, -0.2) is 9.78 Å². The Morgan fingerprint density at radius 3 is 2.71 bits per heavy atom. The molecule has 0 aromatic carbocycles. The second kappa shape index (κ2) is 4.77. The van der Waals surface area contributed by atoms with Gasteiger partial charge in [0.2, 0.25) is 0 Å². The summed E-state index contributed by atoms with van der Waals surface area (Å²) < 4.78 is 5.62. The standard InChI is InChI=1S/C9H13IN2O2/c1-4-14-9(13)6-7(10)12-8(11-6)5(2)3/h5H,4H2,1-3H3,(H,11,12). The minimum absolute atomic E-state index is 0.284. The van der Waals surface area contributed by atoms with E-state index in [1.165, 1.54) is 0 Å². The Morgan fingerprint density at radius 2 is 2.29 bits per heavy atom. The van der Waals surface area contributed by atoms with Crippen molar-refractivity contribution >= 4 is 28.6 Å². The lowest BCUT2D eigenvalue weighted by molar-refractivity contribution is 0.0518. The maximum atomic E-state index is 11.4. The molecule has 0 amide bonds. The summed E-state index contributed by atoms with van der Waals surface area (Å²) in [5, 5.41) is 0. The maximum Gasteiger partial charge on any atom is 0.359 e. The number of esters is 1. The predicted molar refractivity (Wildman–Crippen MR) is 61.4 cm³/mol. The Hall–Kier alpha value is -0.590. The molecule has 0 radical (unpaired) electrons. The van der Waals surface area contributed by atoms with Crippen LogP contribution in [0.15, 0.2) is 0 Å². The van der Waals surface area contributed by atoms with Crippen LogP contribution in [0.2, 0.25) is 0 Å². The number of carbonyl (C=O) groups is 1. The molecule has 0 saturated carbocycles. The van der Waals surface area contributed by atoms with Crippen molar-refractivity contribution in [3.63, 3.8) is 0 Å². The second-order valence-electron chi connectivity index (χ2n) is 3.16. The summed E-state index contributed by atoms with van der Waals surface area (Å²) in [6, 6.07) is 0. The van der Waals surface area contributed by atoms with Crippen LogP contribution in [0.3, 0.4) is 0 Å². The normalized spacial score (nSPS) is 10.6. The van der Waals surface area contributed by atoms with E-state index in [1.807, 2.05) is 13.8 Å². The summed E-state index contributed by atoms with van der Waals surface area (Å²) >= 11 is 2.05. The number of H-pyrrole nitrogens is 1. The first-order valence-electron chi connectivity index (χ1n) is 4.48. The van der Waals surface area contributed by atoms with Crippen LogP contribution in [-0.2, 0) is 4.74 Å². The van der Waals surface area contributed by atoms with Crippen molar-refractivity contribution in [2.75, 3.05) is 6.61 Å². The molecule has 1 N–H and O–H groups in total. The van der Waals surface area contributed by atoms with Crippen LogP contribution in [0.1, 0.15) is 43.0 Å². The first kappa shape index (κ1) is 11.5. The third kappa shape index (κ3) is 2.46. The van der Waals surface area contributed by atoms with Crippen molar-refractivity contribution in [3.8, 4) is 0 Å². The van der Waals surface area contributed by atoms with E-state index in [9.17, 15) is 4.79 Å². The summed E-state index contributed by atoms with van der Waals surface area (Å²) in [6.07, 6.45) is 0. The molecule has 1 rings (SSSR count). The van der Waals surface area contributed by atoms with E-state index in [4.69, 9.17) is 4.74 Å². The summed E-state index contributed by atoms with van der Waals surface area (Å²) in [5.74, 6) is 0.740. The lowest BCUT2D eigenvalue weighted by Crippen LogP contribution is -2.06. The van der Waals surface area contributed by atoms with Crippen molar-refractivity contribution in [1.29, 1.82) is 0 Å². The fourth-order valence-electron chi connectivity index (χ4n) is 0.977. The third-order valence-electron chi connectivity index (χ3n) is 1.69. The zero-order valence-electron chi connectivity index (χ0n) is 8.43. The number of hydrogen-bond donors (Lipinski definition) is 1. The van der Waals surface area contributed by atoms with Gasteiger partial charge in [0.15, 0.2) is 5.69 Å². The Bertz CT molecular complexity index is 334. The first-order valence-corrected chi connectivity index (χ1v) is 5.56. The number of rotatable bonds is 3. The fourth-order valence-corrected chi connectivity index (χ4v) is 1.59. The zero-order valence-corrected chi connectivity index (χ0v) is 10.6. The SMILES string of the molecule is CCOC(=O)c1nc(C(C)C)[nH]c1I. The summed E-state index contributed by atoms with van der Waals surface area (Å²) in [7, 11) is 0. The first-order chi connectivity index (χ1) is 6.56. The molecule has 0 unspecified atom stereocenters. The number of nitrogens with zero attached hydrogens (tertiary/aromatic N) is 1. The lowest BCUT2D eigenvalue weighted by Gasteiger charge is -1.98. The van der Waals surface area contributed by atoms with E-state index in [0.717, 1.165) is 9.53 Å². The molecule has 0 atom stereocenters. The van der Waals surface area contributed by atoms with Crippen molar-refractivity contribution in [2.24, 2.45) is 0 Å². The van der Waals surface area contributed by atoms with Gasteiger partial charge < -0.3 is 9.72 Å². The molecule has 1 aromatic heterocycles. The van der Waals surface area contributed by atoms with Gasteiger partial charge in [-0.1, -0.05) is 13.8 Å². The number of carbonyl (C=O) groups excluding carboxylic acids is 1. The van der Waals surface area contributed by atoms with E-state index < -0.39 is 0 Å². The van der Waals surface area contributed by atoms with Gasteiger partial charge in [-0.3, -0.25) is 0 Å². The number of imidazole rings is 1. The highest BCUT2D eigenvalue weighted by Crippen LogP contribution is 2.16. The molecule has 0 bridgehead atoms. The Labute approximate surface area is 96.6 Å². The number of ether oxygens (including phenoxy) is 1. The Balaban J connectivity index is 2.92. The van der Waals surface area contributed by atoms with Gasteiger partial charge >= 0.3 is 5.97 Å². The van der Waals surface area contributed by atoms with Crippen LogP contribution < -0.4 is 0 Å². The number of aromatic amines is 1. The molecule has 1 heterocycles. The molecule has 0 saturated heterocycles. The molecule has 0 aliphatic heterocycles. The van der Waals surface area contributed by atoms with Gasteiger partial charge in [0.05, 0.1) is 6.61 Å². The molecular weight excluding hydrogens is 295 g/mol. The van der Waals surface area contributed by atoms with Crippen LogP contribution in [0.5, 0.6) is 0 Å². The third-order valence-corrected chi connectivity index (χ3v) is 2.47. The van der Waals surface area contributed by atoms with Crippen molar-refractivity contribution in [1.82, 2.24) is 9.97 Å². The monoisotopic (exact) mass is 308 g/mol. The number of aromatic nitrogens is 2. The highest BCUT2D eigenvalue weighted by atomic mass is 127. The van der Waals surface area contributed by atoms with Crippen LogP contribution in [0.25, 0.3) is 0 Å². The van der Waals surface area contributed by atoms with Gasteiger partial charge in [-0.2, -0.15) is 0 Å². The quantitative estimate of drug-likeness (QED) is 0.689. The number of nitrogens with one attached hydrogen (secondary N) is 1. The second-order valence-corrected chi connectivity index (χ2v) is 4.24. The van der Waals surface area contributed by atoms with E-state index in [1.54, 1.807) is 6.92 Å². The van der Waals surface area contributed by atoms with Gasteiger partial charge in [-0.05, 0) is 29.5 Å². The minimum atomic E-state index is -0.361. The zero-order chi connectivity index (χ0) is 10.7. The molecule has 0 spiro atoms. The topological polar surface area (TPSA) is 55.0 Å². The van der Waals surface area contributed by atoms with Crippen molar-refractivity contribution in [2.45, 2.75) is 26.7 Å². The van der Waals surface area contributed by atoms with E-state index >= 15 is 0 Å². The number of hydrogen-bond acceptors (Lipinski definition) is 3. The fraction of sp³-hybridized carbons (Fsp3) is 0.556. The highest BCUT2D eigenvalue weighted by Gasteiger charge is 2.17. The summed E-state index contributed by atoms with van der Waals surface area (Å²) in [5.41, 5.74) is 0.385. The molecule has 78 valence electrons. The molecular formula is C9H13IN2O2. The molecule has 0 aliphatic carbocycles. The Morgan fingerprint density at radius 1 is 1.64 bits per heavy atom. The lowest BCUT2D eigenvalue weighted by atomic mass is 10.2. The van der Waals surface area contributed by atoms with Gasteiger partial charge in [0.1, 0.15) is 9.53 Å². The van der Waals surface area contributed by atoms with Crippen molar-refractivity contribution in [3.05, 3.63) is 15.2 Å². The number of halogens is 1. The van der Waals surface area contributed by atoms with Crippen LogP contribution in [0.4, 0.5) is 0 Å². The molecule has 0 aliphatic rings. The summed E-state index contributed by atoms with van der Waals surface area (Å²) in [4.78, 5) is 18.6. The van der Waals surface area contributed by atoms with E-state index in [0.29, 0.717) is 12.3 Å². The minimum Gasteiger partial charge on any atom is -0.461 e. The van der Waals surface area contributed by atoms with Gasteiger partial charge in [0, 0.05) is 5.92 Å². The molecule has 14 heavy (non-hydrogen) atoms. The van der Waals surface area contributed by atoms with Crippen LogP contribution >= 0.6 is 22.6 Å². The molecule has 4 nitrogen and oxygen atoms in total. The Kier molecular flexibility index (Phi) is 3.91.